The normalized spacial score (nSPS) is 17.3. The molecule has 0 fully saturated rings. The van der Waals surface area contributed by atoms with Crippen molar-refractivity contribution in [2.45, 2.75) is 19.8 Å². The highest BCUT2D eigenvalue weighted by Gasteiger charge is 2.03. The highest BCUT2D eigenvalue weighted by Crippen LogP contribution is 2.18. The summed E-state index contributed by atoms with van der Waals surface area (Å²) in [5, 5.41) is 8.51. The fourth-order valence-corrected chi connectivity index (χ4v) is 1.08. The van der Waals surface area contributed by atoms with Crippen LogP contribution in [0.3, 0.4) is 0 Å². The lowest BCUT2D eigenvalue weighted by Crippen LogP contribution is -2.01. The van der Waals surface area contributed by atoms with Gasteiger partial charge in [0.15, 0.2) is 0 Å². The van der Waals surface area contributed by atoms with E-state index >= 15 is 0 Å². The van der Waals surface area contributed by atoms with Crippen LogP contribution in [-0.2, 0) is 4.74 Å². The first-order chi connectivity index (χ1) is 5.34. The van der Waals surface area contributed by atoms with Gasteiger partial charge in [0.05, 0.1) is 6.61 Å². The van der Waals surface area contributed by atoms with Gasteiger partial charge in [0.25, 0.3) is 0 Å². The predicted molar refractivity (Wildman–Crippen MR) is 44.1 cm³/mol. The van der Waals surface area contributed by atoms with Crippen molar-refractivity contribution in [1.29, 1.82) is 0 Å². The van der Waals surface area contributed by atoms with Gasteiger partial charge in [-0.2, -0.15) is 0 Å². The average Bonchev–Trinajstić information content (AvgIpc) is 2.03. The Bertz CT molecular complexity index is 180. The van der Waals surface area contributed by atoms with E-state index in [2.05, 4.69) is 13.0 Å². The molecule has 1 aliphatic rings. The Balaban J connectivity index is 2.47. The van der Waals surface area contributed by atoms with Crippen molar-refractivity contribution in [1.82, 2.24) is 0 Å². The van der Waals surface area contributed by atoms with Gasteiger partial charge in [-0.3, -0.25) is 0 Å². The largest absolute Gasteiger partial charge is 0.491 e. The predicted octanol–water partition coefficient (Wildman–Crippen LogP) is 1.62. The Kier molecular flexibility index (Phi) is 3.17. The first-order valence-electron chi connectivity index (χ1n) is 3.94. The van der Waals surface area contributed by atoms with Gasteiger partial charge in [0.1, 0.15) is 12.4 Å². The minimum atomic E-state index is 0.0879. The van der Waals surface area contributed by atoms with E-state index in [0.29, 0.717) is 6.61 Å². The second-order valence-corrected chi connectivity index (χ2v) is 2.66. The van der Waals surface area contributed by atoms with Crippen LogP contribution in [0.1, 0.15) is 19.8 Å². The molecule has 0 heterocycles. The van der Waals surface area contributed by atoms with Crippen LogP contribution < -0.4 is 0 Å². The van der Waals surface area contributed by atoms with E-state index in [1.165, 1.54) is 5.57 Å². The fourth-order valence-electron chi connectivity index (χ4n) is 1.08. The smallest absolute Gasteiger partial charge is 0.118 e. The molecular weight excluding hydrogens is 140 g/mol. The molecule has 1 N–H and O–H groups in total. The summed E-state index contributed by atoms with van der Waals surface area (Å²) in [7, 11) is 0. The maximum Gasteiger partial charge on any atom is 0.118 e. The van der Waals surface area contributed by atoms with Crippen LogP contribution in [0.2, 0.25) is 0 Å². The molecular formula is C9H14O2. The molecule has 0 aromatic carbocycles. The number of ether oxygens (including phenoxy) is 1. The lowest BCUT2D eigenvalue weighted by atomic mass is 10.1. The van der Waals surface area contributed by atoms with Crippen LogP contribution in [0.5, 0.6) is 0 Å². The molecule has 0 atom stereocenters. The second-order valence-electron chi connectivity index (χ2n) is 2.66. The fraction of sp³-hybridized carbons (Fsp3) is 0.556. The molecule has 0 amide bonds. The minimum Gasteiger partial charge on any atom is -0.491 e. The van der Waals surface area contributed by atoms with Gasteiger partial charge in [-0.25, -0.2) is 0 Å². The number of allylic oxidation sites excluding steroid dienone is 3. The first-order valence-corrected chi connectivity index (χ1v) is 3.94. The van der Waals surface area contributed by atoms with Gasteiger partial charge in [0.2, 0.25) is 0 Å². The zero-order valence-electron chi connectivity index (χ0n) is 6.84. The molecule has 0 aromatic heterocycles. The van der Waals surface area contributed by atoms with Crippen LogP contribution in [0, 0.1) is 0 Å². The topological polar surface area (TPSA) is 29.5 Å². The molecule has 1 aliphatic carbocycles. The summed E-state index contributed by atoms with van der Waals surface area (Å²) < 4.78 is 5.29. The van der Waals surface area contributed by atoms with Crippen LogP contribution in [0.4, 0.5) is 0 Å². The third-order valence-corrected chi connectivity index (χ3v) is 1.72. The van der Waals surface area contributed by atoms with Crippen LogP contribution >= 0.6 is 0 Å². The summed E-state index contributed by atoms with van der Waals surface area (Å²) in [6.45, 7) is 2.55. The highest BCUT2D eigenvalue weighted by atomic mass is 16.5. The van der Waals surface area contributed by atoms with Gasteiger partial charge >= 0.3 is 0 Å². The first kappa shape index (κ1) is 8.34. The van der Waals surface area contributed by atoms with Crippen molar-refractivity contribution in [3.8, 4) is 0 Å². The molecule has 0 spiro atoms. The van der Waals surface area contributed by atoms with E-state index in [4.69, 9.17) is 9.84 Å². The minimum absolute atomic E-state index is 0.0879. The van der Waals surface area contributed by atoms with Gasteiger partial charge in [0, 0.05) is 0 Å². The van der Waals surface area contributed by atoms with Crippen LogP contribution in [0.25, 0.3) is 0 Å². The summed E-state index contributed by atoms with van der Waals surface area (Å²) in [5.74, 6) is 0.935. The highest BCUT2D eigenvalue weighted by molar-refractivity contribution is 5.22. The number of hydrogen-bond donors (Lipinski definition) is 1. The SMILES string of the molecule is CC1=C(OCCO)C=CCC1. The summed E-state index contributed by atoms with van der Waals surface area (Å²) >= 11 is 0. The number of rotatable bonds is 3. The molecule has 0 radical (unpaired) electrons. The van der Waals surface area contributed by atoms with Crippen molar-refractivity contribution in [2.24, 2.45) is 0 Å². The number of hydrogen-bond acceptors (Lipinski definition) is 2. The zero-order valence-corrected chi connectivity index (χ0v) is 6.84. The Morgan fingerprint density at radius 2 is 2.45 bits per heavy atom. The maximum atomic E-state index is 8.51. The van der Waals surface area contributed by atoms with Crippen molar-refractivity contribution in [3.63, 3.8) is 0 Å². The Hall–Kier alpha value is -0.760. The molecule has 0 aliphatic heterocycles. The van der Waals surface area contributed by atoms with Crippen LogP contribution in [-0.4, -0.2) is 18.3 Å². The Morgan fingerprint density at radius 3 is 3.09 bits per heavy atom. The molecule has 11 heavy (non-hydrogen) atoms. The van der Waals surface area contributed by atoms with E-state index in [1.54, 1.807) is 0 Å². The third-order valence-electron chi connectivity index (χ3n) is 1.72. The number of aliphatic hydroxyl groups is 1. The summed E-state index contributed by atoms with van der Waals surface area (Å²) in [6.07, 6.45) is 6.27. The average molecular weight is 154 g/mol. The van der Waals surface area contributed by atoms with E-state index in [9.17, 15) is 0 Å². The molecule has 0 bridgehead atoms. The summed E-state index contributed by atoms with van der Waals surface area (Å²) in [6, 6.07) is 0. The maximum absolute atomic E-state index is 8.51. The van der Waals surface area contributed by atoms with Crippen LogP contribution in [0.15, 0.2) is 23.5 Å². The molecule has 0 saturated heterocycles. The van der Waals surface area contributed by atoms with Crippen molar-refractivity contribution in [2.75, 3.05) is 13.2 Å². The van der Waals surface area contributed by atoms with E-state index < -0.39 is 0 Å². The van der Waals surface area contributed by atoms with Crippen molar-refractivity contribution in [3.05, 3.63) is 23.5 Å². The van der Waals surface area contributed by atoms with Gasteiger partial charge in [-0.15, -0.1) is 0 Å². The molecule has 1 rings (SSSR count). The second kappa shape index (κ2) is 4.19. The van der Waals surface area contributed by atoms with Crippen molar-refractivity contribution < 1.29 is 9.84 Å². The van der Waals surface area contributed by atoms with Gasteiger partial charge in [-0.05, 0) is 31.4 Å². The zero-order chi connectivity index (χ0) is 8.10. The standard InChI is InChI=1S/C9H14O2/c1-8-4-2-3-5-9(8)11-7-6-10/h3,5,10H,2,4,6-7H2,1H3. The summed E-state index contributed by atoms with van der Waals surface area (Å²) in [5.41, 5.74) is 1.28. The van der Waals surface area contributed by atoms with Gasteiger partial charge in [-0.1, -0.05) is 6.08 Å². The Labute approximate surface area is 67.2 Å². The third kappa shape index (κ3) is 2.39. The van der Waals surface area contributed by atoms with E-state index in [1.807, 2.05) is 6.08 Å². The van der Waals surface area contributed by atoms with E-state index in [-0.39, 0.29) is 6.61 Å². The van der Waals surface area contributed by atoms with Crippen molar-refractivity contribution >= 4 is 0 Å². The lowest BCUT2D eigenvalue weighted by molar-refractivity contribution is 0.149. The molecule has 2 nitrogen and oxygen atoms in total. The summed E-state index contributed by atoms with van der Waals surface area (Å²) in [4.78, 5) is 0. The molecule has 2 heteroatoms. The van der Waals surface area contributed by atoms with Gasteiger partial charge < -0.3 is 9.84 Å². The molecule has 62 valence electrons. The molecule has 0 aromatic rings. The monoisotopic (exact) mass is 154 g/mol. The molecule has 0 unspecified atom stereocenters. The Morgan fingerprint density at radius 1 is 1.64 bits per heavy atom. The lowest BCUT2D eigenvalue weighted by Gasteiger charge is -2.12. The number of aliphatic hydroxyl groups excluding tert-OH is 1. The molecule has 0 saturated carbocycles. The van der Waals surface area contributed by atoms with E-state index in [0.717, 1.165) is 18.6 Å². The quantitative estimate of drug-likeness (QED) is 0.669.